The molecule has 1 aliphatic heterocycles. The van der Waals surface area contributed by atoms with Gasteiger partial charge in [-0.1, -0.05) is 21.0 Å². The number of halogens is 2. The second-order valence-corrected chi connectivity index (χ2v) is 4.47. The summed E-state index contributed by atoms with van der Waals surface area (Å²) in [4.78, 5) is 14.0. The number of ether oxygens (including phenoxy) is 1. The highest BCUT2D eigenvalue weighted by atomic mass is 79.9. The van der Waals surface area contributed by atoms with Crippen molar-refractivity contribution in [3.63, 3.8) is 0 Å². The van der Waals surface area contributed by atoms with E-state index < -0.39 is 5.97 Å². The van der Waals surface area contributed by atoms with Crippen molar-refractivity contribution in [3.05, 3.63) is 36.6 Å². The number of nitrogens with zero attached hydrogens (tertiary/aromatic N) is 3. The quantitative estimate of drug-likeness (QED) is 0.339. The van der Waals surface area contributed by atoms with Crippen LogP contribution in [-0.2, 0) is 11.3 Å². The number of benzene rings is 1. The van der Waals surface area contributed by atoms with Gasteiger partial charge in [0.15, 0.2) is 0 Å². The molecule has 5 nitrogen and oxygen atoms in total. The molecule has 0 atom stereocenters. The molecule has 7 heteroatoms. The van der Waals surface area contributed by atoms with Crippen LogP contribution in [0, 0.1) is 0 Å². The highest BCUT2D eigenvalue weighted by molar-refractivity contribution is 9.11. The molecule has 0 aromatic heterocycles. The van der Waals surface area contributed by atoms with Gasteiger partial charge in [0, 0.05) is 19.4 Å². The molecule has 0 fully saturated rings. The Bertz CT molecular complexity index is 505. The number of hydrogen-bond donors (Lipinski definition) is 0. The Kier molecular flexibility index (Phi) is 2.68. The molecule has 76 valence electrons. The maximum absolute atomic E-state index is 11.4. The van der Waals surface area contributed by atoms with Crippen molar-refractivity contribution in [2.75, 3.05) is 0 Å². The predicted octanol–water partition coefficient (Wildman–Crippen LogP) is 3.82. The van der Waals surface area contributed by atoms with E-state index in [-0.39, 0.29) is 6.61 Å². The van der Waals surface area contributed by atoms with Gasteiger partial charge in [-0.3, -0.25) is 0 Å². The number of fused-ring (bicyclic) bond motifs is 1. The van der Waals surface area contributed by atoms with Gasteiger partial charge in [0.2, 0.25) is 0 Å². The zero-order valence-electron chi connectivity index (χ0n) is 7.20. The van der Waals surface area contributed by atoms with Crippen LogP contribution in [0.25, 0.3) is 10.4 Å². The summed E-state index contributed by atoms with van der Waals surface area (Å²) in [5, 5.41) is 3.50. The van der Waals surface area contributed by atoms with Gasteiger partial charge in [-0.2, -0.15) is 0 Å². The molecule has 15 heavy (non-hydrogen) atoms. The van der Waals surface area contributed by atoms with Crippen molar-refractivity contribution in [1.29, 1.82) is 0 Å². The fraction of sp³-hybridized carbons (Fsp3) is 0.125. The molecule has 0 saturated heterocycles. The molecule has 0 aliphatic carbocycles. The number of carbonyl (C=O) groups excluding carboxylic acids is 1. The van der Waals surface area contributed by atoms with E-state index in [1.54, 1.807) is 6.07 Å². The number of hydrogen-bond acceptors (Lipinski definition) is 3. The van der Waals surface area contributed by atoms with E-state index in [0.29, 0.717) is 20.2 Å². The van der Waals surface area contributed by atoms with Crippen molar-refractivity contribution in [2.45, 2.75) is 6.61 Å². The fourth-order valence-electron chi connectivity index (χ4n) is 1.34. The van der Waals surface area contributed by atoms with Crippen LogP contribution in [0.5, 0.6) is 0 Å². The van der Waals surface area contributed by atoms with E-state index in [1.165, 1.54) is 0 Å². The van der Waals surface area contributed by atoms with Gasteiger partial charge in [0.05, 0.1) is 11.3 Å². The first-order valence-corrected chi connectivity index (χ1v) is 5.47. The zero-order valence-corrected chi connectivity index (χ0v) is 10.4. The molecule has 1 aliphatic rings. The van der Waals surface area contributed by atoms with E-state index in [4.69, 9.17) is 10.3 Å². The summed E-state index contributed by atoms with van der Waals surface area (Å²) in [7, 11) is 0. The van der Waals surface area contributed by atoms with Gasteiger partial charge in [-0.15, -0.1) is 0 Å². The Morgan fingerprint density at radius 1 is 1.53 bits per heavy atom. The van der Waals surface area contributed by atoms with Gasteiger partial charge < -0.3 is 4.74 Å². The minimum atomic E-state index is -0.404. The summed E-state index contributed by atoms with van der Waals surface area (Å²) in [6, 6.07) is 1.72. The molecule has 1 heterocycles. The van der Waals surface area contributed by atoms with E-state index in [0.717, 1.165) is 5.56 Å². The van der Waals surface area contributed by atoms with Crippen molar-refractivity contribution >= 4 is 43.5 Å². The SMILES string of the molecule is [N-]=[N+]=Nc1c(Br)cc2c(c1Br)C(=O)OC2. The Labute approximate surface area is 101 Å². The van der Waals surface area contributed by atoms with Crippen LogP contribution in [0.15, 0.2) is 20.1 Å². The van der Waals surface area contributed by atoms with Gasteiger partial charge in [0.1, 0.15) is 6.61 Å². The second-order valence-electron chi connectivity index (χ2n) is 2.82. The lowest BCUT2D eigenvalue weighted by Gasteiger charge is -2.04. The third kappa shape index (κ3) is 1.62. The third-order valence-corrected chi connectivity index (χ3v) is 3.36. The molecule has 0 amide bonds. The minimum Gasteiger partial charge on any atom is -0.457 e. The minimum absolute atomic E-state index is 0.252. The molecule has 2 rings (SSSR count). The first-order valence-electron chi connectivity index (χ1n) is 3.88. The molecular formula is C8H3Br2N3O2. The fourth-order valence-corrected chi connectivity index (χ4v) is 2.87. The molecular weight excluding hydrogens is 330 g/mol. The highest BCUT2D eigenvalue weighted by Gasteiger charge is 2.26. The number of azide groups is 1. The first-order chi connectivity index (χ1) is 7.15. The molecule has 0 radical (unpaired) electrons. The Morgan fingerprint density at radius 2 is 2.27 bits per heavy atom. The predicted molar refractivity (Wildman–Crippen MR) is 59.8 cm³/mol. The third-order valence-electron chi connectivity index (χ3n) is 1.98. The van der Waals surface area contributed by atoms with Gasteiger partial charge in [-0.05, 0) is 27.5 Å². The standard InChI is InChI=1S/C8H3Br2N3O2/c9-4-1-3-2-15-8(14)5(3)6(10)7(4)12-13-11/h1H,2H2. The maximum Gasteiger partial charge on any atom is 0.340 e. The number of cyclic esters (lactones) is 1. The van der Waals surface area contributed by atoms with Crippen LogP contribution in [0.1, 0.15) is 15.9 Å². The molecule has 0 saturated carbocycles. The average molecular weight is 333 g/mol. The summed E-state index contributed by atoms with van der Waals surface area (Å²) in [6.45, 7) is 0.252. The Hall–Kier alpha value is -1.04. The van der Waals surface area contributed by atoms with E-state index in [1.807, 2.05) is 0 Å². The van der Waals surface area contributed by atoms with Crippen molar-refractivity contribution in [1.82, 2.24) is 0 Å². The largest absolute Gasteiger partial charge is 0.457 e. The monoisotopic (exact) mass is 331 g/mol. The first kappa shape index (κ1) is 10.5. The van der Waals surface area contributed by atoms with Gasteiger partial charge >= 0.3 is 5.97 Å². The van der Waals surface area contributed by atoms with Crippen LogP contribution in [-0.4, -0.2) is 5.97 Å². The number of carbonyl (C=O) groups is 1. The Balaban J connectivity index is 2.75. The summed E-state index contributed by atoms with van der Waals surface area (Å²) < 4.78 is 5.96. The number of esters is 1. The van der Waals surface area contributed by atoms with E-state index in [2.05, 4.69) is 41.9 Å². The topological polar surface area (TPSA) is 75.1 Å². The smallest absolute Gasteiger partial charge is 0.340 e. The molecule has 0 spiro atoms. The lowest BCUT2D eigenvalue weighted by Crippen LogP contribution is -1.95. The lowest BCUT2D eigenvalue weighted by molar-refractivity contribution is 0.0534. The van der Waals surface area contributed by atoms with Gasteiger partial charge in [-0.25, -0.2) is 4.79 Å². The van der Waals surface area contributed by atoms with E-state index >= 15 is 0 Å². The second kappa shape index (κ2) is 3.84. The highest BCUT2D eigenvalue weighted by Crippen LogP contribution is 2.41. The molecule has 0 bridgehead atoms. The maximum atomic E-state index is 11.4. The summed E-state index contributed by atoms with van der Waals surface area (Å²) >= 11 is 6.49. The Morgan fingerprint density at radius 3 is 2.93 bits per heavy atom. The zero-order chi connectivity index (χ0) is 11.0. The van der Waals surface area contributed by atoms with Crippen LogP contribution >= 0.6 is 31.9 Å². The average Bonchev–Trinajstić information content (AvgIpc) is 2.54. The summed E-state index contributed by atoms with van der Waals surface area (Å²) in [5.74, 6) is -0.404. The molecule has 1 aromatic rings. The van der Waals surface area contributed by atoms with Crippen molar-refractivity contribution in [3.8, 4) is 0 Å². The van der Waals surface area contributed by atoms with Crippen LogP contribution in [0.4, 0.5) is 5.69 Å². The van der Waals surface area contributed by atoms with Gasteiger partial charge in [0.25, 0.3) is 0 Å². The molecule has 0 N–H and O–H groups in total. The van der Waals surface area contributed by atoms with Crippen LogP contribution < -0.4 is 0 Å². The van der Waals surface area contributed by atoms with Crippen molar-refractivity contribution < 1.29 is 9.53 Å². The molecule has 0 unspecified atom stereocenters. The van der Waals surface area contributed by atoms with E-state index in [9.17, 15) is 4.79 Å². The lowest BCUT2D eigenvalue weighted by atomic mass is 10.1. The van der Waals surface area contributed by atoms with Crippen LogP contribution in [0.2, 0.25) is 0 Å². The molecule has 1 aromatic carbocycles. The summed E-state index contributed by atoms with van der Waals surface area (Å²) in [6.07, 6.45) is 0. The normalized spacial score (nSPS) is 13.1. The number of rotatable bonds is 1. The van der Waals surface area contributed by atoms with Crippen molar-refractivity contribution in [2.24, 2.45) is 5.11 Å². The summed E-state index contributed by atoms with van der Waals surface area (Å²) in [5.41, 5.74) is 9.94. The van der Waals surface area contributed by atoms with Crippen LogP contribution in [0.3, 0.4) is 0 Å².